The Balaban J connectivity index is 1.30. The minimum absolute atomic E-state index is 0.303. The van der Waals surface area contributed by atoms with Gasteiger partial charge < -0.3 is 4.90 Å². The van der Waals surface area contributed by atoms with Crippen LogP contribution in [0.2, 0.25) is 0 Å². The number of anilines is 1. The van der Waals surface area contributed by atoms with E-state index in [1.807, 2.05) is 24.5 Å². The molecule has 1 fully saturated rings. The van der Waals surface area contributed by atoms with Crippen molar-refractivity contribution in [2.75, 3.05) is 44.3 Å². The zero-order valence-electron chi connectivity index (χ0n) is 14.7. The number of aromatic nitrogens is 4. The zero-order chi connectivity index (χ0) is 17.3. The van der Waals surface area contributed by atoms with Crippen LogP contribution in [0.25, 0.3) is 0 Å². The van der Waals surface area contributed by atoms with E-state index in [0.29, 0.717) is 13.0 Å². The van der Waals surface area contributed by atoms with Crippen LogP contribution < -0.4 is 4.90 Å². The van der Waals surface area contributed by atoms with Gasteiger partial charge in [-0.3, -0.25) is 14.0 Å². The first-order chi connectivity index (χ1) is 12.3. The van der Waals surface area contributed by atoms with Gasteiger partial charge in [0.15, 0.2) is 0 Å². The normalized spacial score (nSPS) is 15.6. The molecule has 0 N–H and O–H groups in total. The van der Waals surface area contributed by atoms with Gasteiger partial charge in [0.1, 0.15) is 5.82 Å². The fourth-order valence-electron chi connectivity index (χ4n) is 3.17. The Kier molecular flexibility index (Phi) is 6.73. The minimum atomic E-state index is -0.303. The van der Waals surface area contributed by atoms with Gasteiger partial charge in [0.2, 0.25) is 0 Å². The third-order valence-corrected chi connectivity index (χ3v) is 4.61. The molecule has 136 valence electrons. The van der Waals surface area contributed by atoms with Crippen LogP contribution >= 0.6 is 0 Å². The largest absolute Gasteiger partial charge is 0.354 e. The van der Waals surface area contributed by atoms with Gasteiger partial charge in [-0.15, -0.1) is 5.10 Å². The number of aryl methyl sites for hydroxylation is 2. The summed E-state index contributed by atoms with van der Waals surface area (Å²) in [5.74, 6) is 1.08. The third kappa shape index (κ3) is 5.49. The highest BCUT2D eigenvalue weighted by atomic mass is 19.1. The van der Waals surface area contributed by atoms with E-state index >= 15 is 0 Å². The summed E-state index contributed by atoms with van der Waals surface area (Å²) in [7, 11) is 0. The summed E-state index contributed by atoms with van der Waals surface area (Å²) < 4.78 is 13.9. The van der Waals surface area contributed by atoms with Crippen LogP contribution in [0.4, 0.5) is 10.2 Å². The molecule has 0 amide bonds. The van der Waals surface area contributed by atoms with Crippen molar-refractivity contribution in [2.24, 2.45) is 0 Å². The van der Waals surface area contributed by atoms with Crippen molar-refractivity contribution in [3.63, 3.8) is 0 Å². The Hall–Kier alpha value is -2.02. The number of alkyl halides is 1. The first-order valence-corrected chi connectivity index (χ1v) is 9.18. The highest BCUT2D eigenvalue weighted by Crippen LogP contribution is 2.13. The first kappa shape index (κ1) is 17.8. The van der Waals surface area contributed by atoms with Crippen LogP contribution in [0, 0.1) is 0 Å². The Morgan fingerprint density at radius 1 is 1.00 bits per heavy atom. The second-order valence-corrected chi connectivity index (χ2v) is 6.49. The predicted molar refractivity (Wildman–Crippen MR) is 96.4 cm³/mol. The van der Waals surface area contributed by atoms with Crippen LogP contribution in [0.3, 0.4) is 0 Å². The second kappa shape index (κ2) is 9.46. The van der Waals surface area contributed by atoms with E-state index in [-0.39, 0.29) is 6.67 Å². The number of pyridine rings is 1. The van der Waals surface area contributed by atoms with E-state index in [0.717, 1.165) is 57.1 Å². The maximum Gasteiger partial charge on any atom is 0.128 e. The molecule has 0 saturated carbocycles. The van der Waals surface area contributed by atoms with Crippen LogP contribution in [-0.4, -0.2) is 64.3 Å². The van der Waals surface area contributed by atoms with E-state index in [2.05, 4.69) is 31.2 Å². The summed E-state index contributed by atoms with van der Waals surface area (Å²) in [6, 6.07) is 6.08. The molecule has 0 aromatic carbocycles. The van der Waals surface area contributed by atoms with Gasteiger partial charge in [-0.25, -0.2) is 4.98 Å². The molecule has 1 aliphatic heterocycles. The van der Waals surface area contributed by atoms with Gasteiger partial charge in [-0.1, -0.05) is 11.3 Å². The summed E-state index contributed by atoms with van der Waals surface area (Å²) in [6.07, 6.45) is 7.54. The molecule has 7 heteroatoms. The Morgan fingerprint density at radius 2 is 1.88 bits per heavy atom. The highest BCUT2D eigenvalue weighted by molar-refractivity contribution is 5.38. The fourth-order valence-corrected chi connectivity index (χ4v) is 3.17. The molecule has 2 aromatic heterocycles. The van der Waals surface area contributed by atoms with E-state index in [1.54, 1.807) is 4.68 Å². The minimum Gasteiger partial charge on any atom is -0.354 e. The molecule has 0 spiro atoms. The monoisotopic (exact) mass is 346 g/mol. The summed E-state index contributed by atoms with van der Waals surface area (Å²) in [6.45, 7) is 5.71. The molecular formula is C18H27FN6. The molecule has 0 aliphatic carbocycles. The summed E-state index contributed by atoms with van der Waals surface area (Å²) in [5.41, 5.74) is 1.01. The van der Waals surface area contributed by atoms with E-state index < -0.39 is 0 Å². The molecule has 0 atom stereocenters. The predicted octanol–water partition coefficient (Wildman–Crippen LogP) is 2.18. The number of hydrogen-bond acceptors (Lipinski definition) is 5. The van der Waals surface area contributed by atoms with Gasteiger partial charge in [0, 0.05) is 45.1 Å². The lowest BCUT2D eigenvalue weighted by Crippen LogP contribution is -2.46. The maximum absolute atomic E-state index is 12.2. The summed E-state index contributed by atoms with van der Waals surface area (Å²) >= 11 is 0. The number of piperazine rings is 1. The van der Waals surface area contributed by atoms with Crippen molar-refractivity contribution in [1.82, 2.24) is 24.9 Å². The molecule has 6 nitrogen and oxygen atoms in total. The van der Waals surface area contributed by atoms with Crippen LogP contribution in [0.15, 0.2) is 30.6 Å². The van der Waals surface area contributed by atoms with Gasteiger partial charge in [-0.2, -0.15) is 0 Å². The van der Waals surface area contributed by atoms with E-state index in [9.17, 15) is 4.39 Å². The maximum atomic E-state index is 12.2. The van der Waals surface area contributed by atoms with Crippen LogP contribution in [0.5, 0.6) is 0 Å². The Bertz CT molecular complexity index is 609. The Labute approximate surface area is 148 Å². The molecule has 1 saturated heterocycles. The molecular weight excluding hydrogens is 319 g/mol. The standard InChI is InChI=1S/C18H27FN6/c19-8-5-11-25-16-17(21-22-25)6-2-4-10-23-12-14-24(15-13-23)18-7-1-3-9-20-18/h1,3,7,9,16H,2,4-6,8,10-15H2. The van der Waals surface area contributed by atoms with Gasteiger partial charge in [0.25, 0.3) is 0 Å². The number of hydrogen-bond donors (Lipinski definition) is 0. The van der Waals surface area contributed by atoms with Crippen molar-refractivity contribution in [3.8, 4) is 0 Å². The fraction of sp³-hybridized carbons (Fsp3) is 0.611. The van der Waals surface area contributed by atoms with Crippen molar-refractivity contribution in [1.29, 1.82) is 0 Å². The zero-order valence-corrected chi connectivity index (χ0v) is 14.7. The van der Waals surface area contributed by atoms with Crippen LogP contribution in [-0.2, 0) is 13.0 Å². The molecule has 2 aromatic rings. The van der Waals surface area contributed by atoms with Gasteiger partial charge in [0.05, 0.1) is 12.4 Å². The Morgan fingerprint density at radius 3 is 2.64 bits per heavy atom. The van der Waals surface area contributed by atoms with Crippen LogP contribution in [0.1, 0.15) is 25.0 Å². The third-order valence-electron chi connectivity index (χ3n) is 4.61. The average molecular weight is 346 g/mol. The van der Waals surface area contributed by atoms with Gasteiger partial charge in [-0.05, 0) is 44.4 Å². The van der Waals surface area contributed by atoms with Gasteiger partial charge >= 0.3 is 0 Å². The van der Waals surface area contributed by atoms with Crippen molar-refractivity contribution in [3.05, 3.63) is 36.3 Å². The van der Waals surface area contributed by atoms with Crippen molar-refractivity contribution in [2.45, 2.75) is 32.2 Å². The molecule has 3 heterocycles. The lowest BCUT2D eigenvalue weighted by molar-refractivity contribution is 0.252. The quantitative estimate of drug-likeness (QED) is 0.652. The summed E-state index contributed by atoms with van der Waals surface area (Å²) in [5, 5.41) is 8.20. The topological polar surface area (TPSA) is 50.1 Å². The lowest BCUT2D eigenvalue weighted by atomic mass is 10.2. The number of nitrogens with zero attached hydrogens (tertiary/aromatic N) is 6. The SMILES string of the molecule is FCCCn1cc(CCCCN2CCN(c3ccccn3)CC2)nn1. The molecule has 1 aliphatic rings. The first-order valence-electron chi connectivity index (χ1n) is 9.18. The van der Waals surface area contributed by atoms with Crippen molar-refractivity contribution >= 4 is 5.82 Å². The second-order valence-electron chi connectivity index (χ2n) is 6.49. The van der Waals surface area contributed by atoms with Crippen molar-refractivity contribution < 1.29 is 4.39 Å². The number of rotatable bonds is 9. The molecule has 0 bridgehead atoms. The number of halogens is 1. The lowest BCUT2D eigenvalue weighted by Gasteiger charge is -2.35. The number of unbranched alkanes of at least 4 members (excludes halogenated alkanes) is 1. The molecule has 25 heavy (non-hydrogen) atoms. The molecule has 0 radical (unpaired) electrons. The smallest absolute Gasteiger partial charge is 0.128 e. The average Bonchev–Trinajstić information content (AvgIpc) is 3.12. The summed E-state index contributed by atoms with van der Waals surface area (Å²) in [4.78, 5) is 9.31. The van der Waals surface area contributed by atoms with E-state index in [1.165, 1.54) is 6.42 Å². The molecule has 0 unspecified atom stereocenters. The van der Waals surface area contributed by atoms with E-state index in [4.69, 9.17) is 0 Å². The molecule has 3 rings (SSSR count). The highest BCUT2D eigenvalue weighted by Gasteiger charge is 2.17.